The van der Waals surface area contributed by atoms with Gasteiger partial charge in [-0.1, -0.05) is 56.9 Å². The summed E-state index contributed by atoms with van der Waals surface area (Å²) in [6.45, 7) is 2.22. The van der Waals surface area contributed by atoms with Crippen LogP contribution in [-0.4, -0.2) is 5.78 Å². The molecule has 1 aliphatic carbocycles. The molecule has 0 aromatic heterocycles. The first-order valence-corrected chi connectivity index (χ1v) is 9.76. The number of hydrogen-bond acceptors (Lipinski definition) is 1. The molecule has 0 atom stereocenters. The normalized spacial score (nSPS) is 19.9. The van der Waals surface area contributed by atoms with Crippen LogP contribution >= 0.6 is 0 Å². The zero-order chi connectivity index (χ0) is 19.4. The van der Waals surface area contributed by atoms with E-state index in [0.29, 0.717) is 23.5 Å². The van der Waals surface area contributed by atoms with Gasteiger partial charge in [-0.3, -0.25) is 4.79 Å². The summed E-state index contributed by atoms with van der Waals surface area (Å²) in [6, 6.07) is 8.59. The van der Waals surface area contributed by atoms with E-state index in [1.165, 1.54) is 25.7 Å². The number of Topliss-reactive ketones (excluding diaryl/α,β-unsaturated/α-hetero) is 1. The van der Waals surface area contributed by atoms with E-state index >= 15 is 0 Å². The van der Waals surface area contributed by atoms with Gasteiger partial charge in [0.1, 0.15) is 0 Å². The highest BCUT2D eigenvalue weighted by Crippen LogP contribution is 2.34. The molecule has 0 aliphatic heterocycles. The molecular weight excluding hydrogens is 349 g/mol. The molecule has 1 nitrogen and oxygen atoms in total. The molecular formula is C23H25F3O. The number of halogens is 3. The number of carbonyl (C=O) groups excluding carboxylic acids is 1. The van der Waals surface area contributed by atoms with Crippen LogP contribution in [0.2, 0.25) is 0 Å². The minimum absolute atomic E-state index is 0.108. The Morgan fingerprint density at radius 3 is 2.00 bits per heavy atom. The summed E-state index contributed by atoms with van der Waals surface area (Å²) in [6.07, 6.45) is 7.72. The van der Waals surface area contributed by atoms with E-state index in [-0.39, 0.29) is 11.3 Å². The molecule has 0 N–H and O–H groups in total. The second-order valence-corrected chi connectivity index (χ2v) is 7.63. The molecule has 0 bridgehead atoms. The van der Waals surface area contributed by atoms with Crippen molar-refractivity contribution in [3.8, 4) is 11.1 Å². The third-order valence-electron chi connectivity index (χ3n) is 5.66. The van der Waals surface area contributed by atoms with Gasteiger partial charge in [0.25, 0.3) is 0 Å². The molecule has 0 saturated heterocycles. The van der Waals surface area contributed by atoms with Gasteiger partial charge in [-0.05, 0) is 47.9 Å². The second-order valence-electron chi connectivity index (χ2n) is 7.63. The van der Waals surface area contributed by atoms with Gasteiger partial charge in [-0.25, -0.2) is 13.2 Å². The van der Waals surface area contributed by atoms with Gasteiger partial charge in [0, 0.05) is 12.0 Å². The lowest BCUT2D eigenvalue weighted by molar-refractivity contribution is 0.0942. The fourth-order valence-corrected chi connectivity index (χ4v) is 4.08. The van der Waals surface area contributed by atoms with Gasteiger partial charge in [-0.2, -0.15) is 0 Å². The monoisotopic (exact) mass is 374 g/mol. The molecule has 1 fully saturated rings. The first-order chi connectivity index (χ1) is 13.0. The second kappa shape index (κ2) is 8.73. The number of benzene rings is 2. The first-order valence-electron chi connectivity index (χ1n) is 9.76. The molecule has 1 saturated carbocycles. The number of rotatable bonds is 6. The van der Waals surface area contributed by atoms with Crippen molar-refractivity contribution >= 4 is 5.78 Å². The Kier molecular flexibility index (Phi) is 6.35. The maximum atomic E-state index is 13.4. The fraction of sp³-hybridized carbons (Fsp3) is 0.435. The minimum atomic E-state index is -1.47. The third-order valence-corrected chi connectivity index (χ3v) is 5.66. The highest BCUT2D eigenvalue weighted by atomic mass is 19.2. The summed E-state index contributed by atoms with van der Waals surface area (Å²) >= 11 is 0. The predicted octanol–water partition coefficient (Wildman–Crippen LogP) is 6.95. The molecule has 3 rings (SSSR count). The van der Waals surface area contributed by atoms with Crippen molar-refractivity contribution in [1.82, 2.24) is 0 Å². The summed E-state index contributed by atoms with van der Waals surface area (Å²) in [5.74, 6) is -2.54. The zero-order valence-corrected chi connectivity index (χ0v) is 15.6. The largest absolute Gasteiger partial charge is 0.294 e. The molecule has 0 heterocycles. The quantitative estimate of drug-likeness (QED) is 0.395. The van der Waals surface area contributed by atoms with Gasteiger partial charge in [0.15, 0.2) is 23.2 Å². The van der Waals surface area contributed by atoms with Crippen LogP contribution in [0.1, 0.15) is 62.2 Å². The van der Waals surface area contributed by atoms with E-state index in [2.05, 4.69) is 6.92 Å². The molecule has 144 valence electrons. The predicted molar refractivity (Wildman–Crippen MR) is 101 cm³/mol. The maximum absolute atomic E-state index is 13.4. The first kappa shape index (κ1) is 19.7. The average molecular weight is 374 g/mol. The topological polar surface area (TPSA) is 17.1 Å². The SMILES string of the molecule is CCC[C@H]1CC[C@H](CC(=O)c2ccc(-c3cc(F)c(F)c(F)c3)cc2)CC1. The van der Waals surface area contributed by atoms with E-state index in [0.717, 1.165) is 30.9 Å². The molecule has 0 spiro atoms. The Morgan fingerprint density at radius 1 is 0.889 bits per heavy atom. The number of carbonyl (C=O) groups is 1. The zero-order valence-electron chi connectivity index (χ0n) is 15.6. The molecule has 27 heavy (non-hydrogen) atoms. The van der Waals surface area contributed by atoms with Crippen molar-refractivity contribution in [2.24, 2.45) is 11.8 Å². The van der Waals surface area contributed by atoms with Crippen molar-refractivity contribution in [3.05, 3.63) is 59.4 Å². The Balaban J connectivity index is 1.63. The molecule has 1 aliphatic rings. The van der Waals surface area contributed by atoms with Gasteiger partial charge >= 0.3 is 0 Å². The lowest BCUT2D eigenvalue weighted by atomic mass is 9.78. The Morgan fingerprint density at radius 2 is 1.44 bits per heavy atom. The fourth-order valence-electron chi connectivity index (χ4n) is 4.08. The molecule has 2 aromatic rings. The maximum Gasteiger partial charge on any atom is 0.194 e. The van der Waals surface area contributed by atoms with E-state index in [9.17, 15) is 18.0 Å². The van der Waals surface area contributed by atoms with Crippen LogP contribution in [0.15, 0.2) is 36.4 Å². The van der Waals surface area contributed by atoms with Crippen molar-refractivity contribution in [2.45, 2.75) is 51.9 Å². The van der Waals surface area contributed by atoms with E-state index in [1.807, 2.05) is 0 Å². The number of hydrogen-bond donors (Lipinski definition) is 0. The van der Waals surface area contributed by atoms with Crippen LogP contribution in [0.4, 0.5) is 13.2 Å². The lowest BCUT2D eigenvalue weighted by Gasteiger charge is -2.27. The molecule has 0 radical (unpaired) electrons. The third kappa shape index (κ3) is 4.79. The molecule has 4 heteroatoms. The summed E-state index contributed by atoms with van der Waals surface area (Å²) in [5.41, 5.74) is 1.40. The Labute approximate surface area is 158 Å². The highest BCUT2D eigenvalue weighted by molar-refractivity contribution is 5.96. The summed E-state index contributed by atoms with van der Waals surface area (Å²) in [7, 11) is 0. The lowest BCUT2D eigenvalue weighted by Crippen LogP contribution is -2.17. The van der Waals surface area contributed by atoms with Crippen LogP contribution in [0, 0.1) is 29.3 Å². The van der Waals surface area contributed by atoms with Crippen LogP contribution in [0.25, 0.3) is 11.1 Å². The minimum Gasteiger partial charge on any atom is -0.294 e. The summed E-state index contributed by atoms with van der Waals surface area (Å²) in [4.78, 5) is 12.6. The molecule has 0 unspecified atom stereocenters. The summed E-state index contributed by atoms with van der Waals surface area (Å²) in [5, 5.41) is 0. The van der Waals surface area contributed by atoms with Crippen LogP contribution in [0.3, 0.4) is 0 Å². The standard InChI is InChI=1S/C23H25F3O/c1-2-3-15-4-6-16(7-5-15)12-22(27)18-10-8-17(9-11-18)19-13-20(24)23(26)21(25)14-19/h8-11,13-16H,2-7,12H2,1H3/t15-,16-. The van der Waals surface area contributed by atoms with E-state index in [4.69, 9.17) is 0 Å². The highest BCUT2D eigenvalue weighted by Gasteiger charge is 2.23. The van der Waals surface area contributed by atoms with Gasteiger partial charge in [-0.15, -0.1) is 0 Å². The van der Waals surface area contributed by atoms with Gasteiger partial charge in [0.2, 0.25) is 0 Å². The average Bonchev–Trinajstić information content (AvgIpc) is 2.67. The molecule has 0 amide bonds. The smallest absolute Gasteiger partial charge is 0.194 e. The van der Waals surface area contributed by atoms with Crippen molar-refractivity contribution in [3.63, 3.8) is 0 Å². The number of ketones is 1. The van der Waals surface area contributed by atoms with E-state index in [1.54, 1.807) is 24.3 Å². The van der Waals surface area contributed by atoms with Crippen molar-refractivity contribution < 1.29 is 18.0 Å². The van der Waals surface area contributed by atoms with Crippen molar-refractivity contribution in [2.75, 3.05) is 0 Å². The van der Waals surface area contributed by atoms with E-state index < -0.39 is 17.5 Å². The Hall–Kier alpha value is -2.10. The molecule has 2 aromatic carbocycles. The van der Waals surface area contributed by atoms with Crippen LogP contribution in [0.5, 0.6) is 0 Å². The Bertz CT molecular complexity index is 767. The summed E-state index contributed by atoms with van der Waals surface area (Å²) < 4.78 is 39.9. The van der Waals surface area contributed by atoms with Gasteiger partial charge < -0.3 is 0 Å². The van der Waals surface area contributed by atoms with Crippen LogP contribution < -0.4 is 0 Å². The van der Waals surface area contributed by atoms with Gasteiger partial charge in [0.05, 0.1) is 0 Å². The van der Waals surface area contributed by atoms with Crippen molar-refractivity contribution in [1.29, 1.82) is 0 Å². The van der Waals surface area contributed by atoms with Crippen LogP contribution in [-0.2, 0) is 0 Å².